The minimum Gasteiger partial charge on any atom is -0.492 e. The highest BCUT2D eigenvalue weighted by Crippen LogP contribution is 2.40. The average molecular weight is 467 g/mol. The monoisotopic (exact) mass is 466 g/mol. The maximum Gasteiger partial charge on any atom is 0.213 e. The SMILES string of the molecule is CCOc1cc(-c2ccc(N3CC4C[C@@H](C[C@H]4Oc4ccccn4)C3)nc2)c2c(C#N)cnn2c1. The molecule has 8 nitrogen and oxygen atoms in total. The van der Waals surface area contributed by atoms with E-state index >= 15 is 0 Å². The third-order valence-corrected chi connectivity index (χ3v) is 6.97. The van der Waals surface area contributed by atoms with Gasteiger partial charge in [-0.3, -0.25) is 0 Å². The fourth-order valence-corrected chi connectivity index (χ4v) is 5.49. The number of pyridine rings is 3. The van der Waals surface area contributed by atoms with Crippen LogP contribution in [0.2, 0.25) is 0 Å². The van der Waals surface area contributed by atoms with Crippen LogP contribution in [0.1, 0.15) is 25.3 Å². The summed E-state index contributed by atoms with van der Waals surface area (Å²) in [5.41, 5.74) is 3.09. The summed E-state index contributed by atoms with van der Waals surface area (Å²) >= 11 is 0. The van der Waals surface area contributed by atoms with Gasteiger partial charge in [0.15, 0.2) is 0 Å². The number of fused-ring (bicyclic) bond motifs is 3. The Kier molecular flexibility index (Phi) is 5.45. The lowest BCUT2D eigenvalue weighted by Crippen LogP contribution is -2.39. The summed E-state index contributed by atoms with van der Waals surface area (Å²) in [6, 6.07) is 14.1. The Labute approximate surface area is 203 Å². The molecule has 4 aromatic heterocycles. The number of aromatic nitrogens is 4. The molecule has 0 radical (unpaired) electrons. The molecule has 0 spiro atoms. The standard InChI is InChI=1S/C27H26N6O2/c1-2-34-22-11-23(27-21(12-28)14-31-33(27)17-22)19-6-7-25(30-13-19)32-15-18-9-20(16-32)24(10-18)35-26-5-3-4-8-29-26/h3-8,11,13-14,17-18,20,24H,2,9-10,15-16H2,1H3/t18-,20?,24+/m0/s1. The molecular formula is C27H26N6O2. The van der Waals surface area contributed by atoms with Crippen LogP contribution in [0.15, 0.2) is 61.2 Å². The number of nitriles is 1. The van der Waals surface area contributed by atoms with E-state index in [4.69, 9.17) is 14.5 Å². The van der Waals surface area contributed by atoms with Crippen LogP contribution in [0.5, 0.6) is 11.6 Å². The summed E-state index contributed by atoms with van der Waals surface area (Å²) in [7, 11) is 0. The van der Waals surface area contributed by atoms with Crippen molar-refractivity contribution in [2.24, 2.45) is 11.8 Å². The van der Waals surface area contributed by atoms with Gasteiger partial charge in [-0.2, -0.15) is 10.4 Å². The number of anilines is 1. The maximum atomic E-state index is 9.58. The predicted molar refractivity (Wildman–Crippen MR) is 131 cm³/mol. The lowest BCUT2D eigenvalue weighted by molar-refractivity contribution is 0.156. The molecule has 1 saturated carbocycles. The van der Waals surface area contributed by atoms with Crippen LogP contribution in [0.4, 0.5) is 5.82 Å². The van der Waals surface area contributed by atoms with E-state index in [0.717, 1.165) is 42.0 Å². The Balaban J connectivity index is 1.24. The Bertz CT molecular complexity index is 1380. The van der Waals surface area contributed by atoms with Gasteiger partial charge in [-0.05, 0) is 49.9 Å². The van der Waals surface area contributed by atoms with Crippen LogP contribution in [-0.2, 0) is 0 Å². The topological polar surface area (TPSA) is 88.6 Å². The van der Waals surface area contributed by atoms with Gasteiger partial charge in [0.2, 0.25) is 5.88 Å². The van der Waals surface area contributed by atoms with E-state index in [2.05, 4.69) is 33.2 Å². The summed E-state index contributed by atoms with van der Waals surface area (Å²) in [6.45, 7) is 4.40. The number of hydrogen-bond acceptors (Lipinski definition) is 7. The second-order valence-electron chi connectivity index (χ2n) is 9.22. The molecule has 8 heteroatoms. The highest BCUT2D eigenvalue weighted by Gasteiger charge is 2.42. The van der Waals surface area contributed by atoms with Gasteiger partial charge in [0.25, 0.3) is 0 Å². The molecule has 2 bridgehead atoms. The summed E-state index contributed by atoms with van der Waals surface area (Å²) < 4.78 is 13.7. The maximum absolute atomic E-state index is 9.58. The van der Waals surface area contributed by atoms with Gasteiger partial charge in [-0.15, -0.1) is 0 Å². The molecule has 0 aromatic carbocycles. The molecule has 3 atom stereocenters. The van der Waals surface area contributed by atoms with E-state index < -0.39 is 0 Å². The third kappa shape index (κ3) is 4.03. The summed E-state index contributed by atoms with van der Waals surface area (Å²) in [5, 5.41) is 13.9. The van der Waals surface area contributed by atoms with Crippen LogP contribution in [0.3, 0.4) is 0 Å². The molecule has 2 fully saturated rings. The predicted octanol–water partition coefficient (Wildman–Crippen LogP) is 4.36. The van der Waals surface area contributed by atoms with E-state index in [-0.39, 0.29) is 6.10 Å². The molecule has 35 heavy (non-hydrogen) atoms. The van der Waals surface area contributed by atoms with Crippen molar-refractivity contribution in [3.05, 3.63) is 66.7 Å². The van der Waals surface area contributed by atoms with Crippen molar-refractivity contribution in [2.75, 3.05) is 24.6 Å². The van der Waals surface area contributed by atoms with Gasteiger partial charge in [-0.25, -0.2) is 14.5 Å². The fourth-order valence-electron chi connectivity index (χ4n) is 5.49. The quantitative estimate of drug-likeness (QED) is 0.417. The van der Waals surface area contributed by atoms with E-state index in [1.54, 1.807) is 23.1 Å². The van der Waals surface area contributed by atoms with Gasteiger partial charge in [0, 0.05) is 48.6 Å². The van der Waals surface area contributed by atoms with Crippen molar-refractivity contribution in [3.63, 3.8) is 0 Å². The zero-order valence-corrected chi connectivity index (χ0v) is 19.5. The van der Waals surface area contributed by atoms with Crippen LogP contribution in [0, 0.1) is 23.2 Å². The molecule has 0 N–H and O–H groups in total. The van der Waals surface area contributed by atoms with Gasteiger partial charge in [0.1, 0.15) is 23.7 Å². The zero-order valence-electron chi connectivity index (χ0n) is 19.5. The average Bonchev–Trinajstić information content (AvgIpc) is 3.43. The largest absolute Gasteiger partial charge is 0.492 e. The smallest absolute Gasteiger partial charge is 0.213 e. The van der Waals surface area contributed by atoms with Crippen LogP contribution in [0.25, 0.3) is 16.6 Å². The van der Waals surface area contributed by atoms with E-state index in [0.29, 0.717) is 35.6 Å². The molecule has 1 aliphatic heterocycles. The van der Waals surface area contributed by atoms with Crippen molar-refractivity contribution in [2.45, 2.75) is 25.9 Å². The van der Waals surface area contributed by atoms with Gasteiger partial charge < -0.3 is 14.4 Å². The Morgan fingerprint density at radius 3 is 2.83 bits per heavy atom. The van der Waals surface area contributed by atoms with Gasteiger partial charge in [-0.1, -0.05) is 6.07 Å². The molecule has 6 rings (SSSR count). The lowest BCUT2D eigenvalue weighted by atomic mass is 9.98. The molecule has 1 aliphatic carbocycles. The Morgan fingerprint density at radius 2 is 2.06 bits per heavy atom. The van der Waals surface area contributed by atoms with Gasteiger partial charge in [0.05, 0.1) is 30.1 Å². The normalized spacial score (nSPS) is 21.1. The van der Waals surface area contributed by atoms with E-state index in [1.807, 2.05) is 37.4 Å². The van der Waals surface area contributed by atoms with Gasteiger partial charge >= 0.3 is 0 Å². The van der Waals surface area contributed by atoms with Crippen LogP contribution < -0.4 is 14.4 Å². The van der Waals surface area contributed by atoms with Crippen molar-refractivity contribution in [3.8, 4) is 28.8 Å². The molecule has 2 aliphatic rings. The highest BCUT2D eigenvalue weighted by molar-refractivity contribution is 5.85. The first-order valence-electron chi connectivity index (χ1n) is 12.0. The van der Waals surface area contributed by atoms with Crippen molar-refractivity contribution < 1.29 is 9.47 Å². The molecule has 176 valence electrons. The first-order valence-corrected chi connectivity index (χ1v) is 12.0. The minimum atomic E-state index is 0.194. The van der Waals surface area contributed by atoms with E-state index in [9.17, 15) is 5.26 Å². The van der Waals surface area contributed by atoms with Crippen molar-refractivity contribution >= 4 is 11.3 Å². The Morgan fingerprint density at radius 1 is 1.11 bits per heavy atom. The number of piperidine rings is 1. The third-order valence-electron chi connectivity index (χ3n) is 6.97. The first kappa shape index (κ1) is 21.4. The summed E-state index contributed by atoms with van der Waals surface area (Å²) in [6.07, 6.45) is 9.48. The number of ether oxygens (including phenoxy) is 2. The number of rotatable bonds is 6. The molecule has 1 unspecified atom stereocenters. The van der Waals surface area contributed by atoms with Crippen molar-refractivity contribution in [1.82, 2.24) is 19.6 Å². The first-order chi connectivity index (χ1) is 17.2. The van der Waals surface area contributed by atoms with Crippen LogP contribution in [-0.4, -0.2) is 45.4 Å². The second kappa shape index (κ2) is 8.91. The number of hydrogen-bond donors (Lipinski definition) is 0. The minimum absolute atomic E-state index is 0.194. The fraction of sp³-hybridized carbons (Fsp3) is 0.333. The Hall–Kier alpha value is -4.12. The molecule has 4 aromatic rings. The number of nitrogens with zero attached hydrogens (tertiary/aromatic N) is 6. The zero-order chi connectivity index (χ0) is 23.8. The summed E-state index contributed by atoms with van der Waals surface area (Å²) in [4.78, 5) is 11.5. The molecule has 1 saturated heterocycles. The second-order valence-corrected chi connectivity index (χ2v) is 9.22. The lowest BCUT2D eigenvalue weighted by Gasteiger charge is -2.33. The summed E-state index contributed by atoms with van der Waals surface area (Å²) in [5.74, 6) is 3.43. The molecule has 5 heterocycles. The van der Waals surface area contributed by atoms with E-state index in [1.165, 1.54) is 6.42 Å². The molecular weight excluding hydrogens is 440 g/mol. The molecule has 0 amide bonds. The highest BCUT2D eigenvalue weighted by atomic mass is 16.5. The van der Waals surface area contributed by atoms with Crippen molar-refractivity contribution in [1.29, 1.82) is 5.26 Å². The van der Waals surface area contributed by atoms with Crippen LogP contribution >= 0.6 is 0 Å².